The smallest absolute Gasteiger partial charge is 0.416 e. The van der Waals surface area contributed by atoms with Crippen molar-refractivity contribution in [1.82, 2.24) is 9.88 Å². The molecular formula is C36H36F4N2O5. The number of methoxy groups -OCH3 is 1. The predicted molar refractivity (Wildman–Crippen MR) is 168 cm³/mol. The van der Waals surface area contributed by atoms with E-state index < -0.39 is 42.6 Å². The summed E-state index contributed by atoms with van der Waals surface area (Å²) in [6, 6.07) is 11.1. The summed E-state index contributed by atoms with van der Waals surface area (Å²) in [6.07, 6.45) is -0.985. The highest BCUT2D eigenvalue weighted by atomic mass is 19.4. The number of ether oxygens (including phenoxy) is 2. The zero-order valence-corrected chi connectivity index (χ0v) is 26.6. The molecule has 2 aromatic carbocycles. The van der Waals surface area contributed by atoms with Crippen molar-refractivity contribution < 1.29 is 41.7 Å². The lowest BCUT2D eigenvalue weighted by Crippen LogP contribution is -2.33. The van der Waals surface area contributed by atoms with Crippen LogP contribution < -0.4 is 0 Å². The van der Waals surface area contributed by atoms with E-state index in [1.807, 2.05) is 51.1 Å². The molecule has 1 aliphatic carbocycles. The lowest BCUT2D eigenvalue weighted by molar-refractivity contribution is -0.137. The van der Waals surface area contributed by atoms with E-state index in [4.69, 9.17) is 14.5 Å². The number of pyridine rings is 1. The summed E-state index contributed by atoms with van der Waals surface area (Å²) in [5.74, 6) is -1.30. The molecule has 7 nitrogen and oxygen atoms in total. The van der Waals surface area contributed by atoms with Crippen molar-refractivity contribution in [3.63, 3.8) is 0 Å². The number of hydrogen-bond donors (Lipinski definition) is 1. The number of cyclic esters (lactones) is 1. The number of carbonyl (C=O) groups excluding carboxylic acids is 1. The van der Waals surface area contributed by atoms with Crippen LogP contribution in [-0.4, -0.2) is 46.3 Å². The number of aromatic carboxylic acids is 1. The summed E-state index contributed by atoms with van der Waals surface area (Å²) < 4.78 is 65.8. The van der Waals surface area contributed by atoms with Gasteiger partial charge in [-0.3, -0.25) is 9.88 Å². The van der Waals surface area contributed by atoms with Gasteiger partial charge in [0.25, 0.3) is 0 Å². The maximum atomic E-state index is 13.6. The van der Waals surface area contributed by atoms with Gasteiger partial charge in [0.2, 0.25) is 0 Å². The van der Waals surface area contributed by atoms with Gasteiger partial charge in [0.1, 0.15) is 12.8 Å². The summed E-state index contributed by atoms with van der Waals surface area (Å²) in [5.41, 5.74) is 3.73. The Morgan fingerprint density at radius 3 is 2.49 bits per heavy atom. The van der Waals surface area contributed by atoms with Crippen LogP contribution in [0.1, 0.15) is 93.8 Å². The second-order valence-electron chi connectivity index (χ2n) is 12.2. The fraction of sp³-hybridized carbons (Fsp3) is 0.361. The second kappa shape index (κ2) is 13.3. The first kappa shape index (κ1) is 33.8. The Kier molecular flexibility index (Phi) is 9.58. The van der Waals surface area contributed by atoms with E-state index in [0.717, 1.165) is 40.1 Å². The van der Waals surface area contributed by atoms with Crippen molar-refractivity contribution in [2.45, 2.75) is 77.2 Å². The standard InChI is InChI=1S/C36H36F4N2O5/c1-19(2)30-10-9-28(29-16-23(7-11-32(29)46-5)27-8-6-24(34(43)44)12-20(27)3)31(41-30)18-42-21(4)33(47-35(42)45)25-13-22(17-37)14-26(15-25)36(38,39)40/h6-16,19,21,29,32-33H,17-18H2,1-5H3,(H,43,44)/t21-,29?,32?,33-/m0/s1. The number of amides is 1. The fourth-order valence-electron chi connectivity index (χ4n) is 6.18. The minimum Gasteiger partial charge on any atom is -0.478 e. The first-order chi connectivity index (χ1) is 22.2. The van der Waals surface area contributed by atoms with Crippen LogP contribution >= 0.6 is 0 Å². The molecule has 4 atom stereocenters. The molecular weight excluding hydrogens is 616 g/mol. The molecule has 248 valence electrons. The Labute approximate surface area is 270 Å². The van der Waals surface area contributed by atoms with Crippen molar-refractivity contribution in [3.05, 3.63) is 117 Å². The number of carboxylic acid groups (broad SMARTS) is 1. The summed E-state index contributed by atoms with van der Waals surface area (Å²) in [7, 11) is 1.59. The molecule has 11 heteroatoms. The quantitative estimate of drug-likeness (QED) is 0.233. The number of carbonyl (C=O) groups is 2. The highest BCUT2D eigenvalue weighted by Gasteiger charge is 2.42. The molecule has 0 radical (unpaired) electrons. The molecule has 5 rings (SSSR count). The van der Waals surface area contributed by atoms with Crippen molar-refractivity contribution in [2.75, 3.05) is 7.11 Å². The van der Waals surface area contributed by atoms with Gasteiger partial charge in [-0.15, -0.1) is 0 Å². The number of hydrogen-bond acceptors (Lipinski definition) is 5. The number of nitrogens with zero attached hydrogens (tertiary/aromatic N) is 2. The Balaban J connectivity index is 1.53. The monoisotopic (exact) mass is 652 g/mol. The zero-order chi connectivity index (χ0) is 34.2. The summed E-state index contributed by atoms with van der Waals surface area (Å²) in [5, 5.41) is 9.41. The van der Waals surface area contributed by atoms with Crippen LogP contribution in [0.15, 0.2) is 66.8 Å². The molecule has 47 heavy (non-hydrogen) atoms. The molecule has 0 saturated carbocycles. The SMILES string of the molecule is COC1C=CC(c2ccc(C(=O)O)cc2C)=CC1c1ccc(C(C)C)nc1CN1C(=O)O[C@H](c2cc(CF)cc(C(F)(F)F)c2)[C@@H]1C. The molecule has 3 aromatic rings. The summed E-state index contributed by atoms with van der Waals surface area (Å²) in [4.78, 5) is 31.1. The minimum atomic E-state index is -4.70. The van der Waals surface area contributed by atoms with Crippen LogP contribution in [0, 0.1) is 6.92 Å². The van der Waals surface area contributed by atoms with E-state index in [1.54, 1.807) is 32.2 Å². The zero-order valence-electron chi connectivity index (χ0n) is 26.6. The van der Waals surface area contributed by atoms with Gasteiger partial charge in [-0.05, 0) is 89.6 Å². The van der Waals surface area contributed by atoms with Gasteiger partial charge in [0, 0.05) is 18.7 Å². The first-order valence-corrected chi connectivity index (χ1v) is 15.2. The molecule has 2 unspecified atom stereocenters. The fourth-order valence-corrected chi connectivity index (χ4v) is 6.18. The average Bonchev–Trinajstić information content (AvgIpc) is 3.32. The van der Waals surface area contributed by atoms with Crippen molar-refractivity contribution in [1.29, 1.82) is 0 Å². The molecule has 1 aliphatic heterocycles. The third-order valence-electron chi connectivity index (χ3n) is 8.75. The second-order valence-corrected chi connectivity index (χ2v) is 12.2. The number of halogens is 4. The largest absolute Gasteiger partial charge is 0.478 e. The Morgan fingerprint density at radius 1 is 1.13 bits per heavy atom. The lowest BCUT2D eigenvalue weighted by atomic mass is 9.83. The molecule has 1 aromatic heterocycles. The molecule has 1 fully saturated rings. The Morgan fingerprint density at radius 2 is 1.87 bits per heavy atom. The highest BCUT2D eigenvalue weighted by Crippen LogP contribution is 2.40. The van der Waals surface area contributed by atoms with E-state index in [9.17, 15) is 32.3 Å². The van der Waals surface area contributed by atoms with Crippen molar-refractivity contribution >= 4 is 17.6 Å². The summed E-state index contributed by atoms with van der Waals surface area (Å²) >= 11 is 0. The molecule has 1 N–H and O–H groups in total. The van der Waals surface area contributed by atoms with Gasteiger partial charge in [-0.1, -0.05) is 44.2 Å². The molecule has 0 bridgehead atoms. The van der Waals surface area contributed by atoms with Crippen LogP contribution in [0.3, 0.4) is 0 Å². The number of rotatable bonds is 9. The van der Waals surface area contributed by atoms with Crippen LogP contribution in [0.5, 0.6) is 0 Å². The topological polar surface area (TPSA) is 89.0 Å². The molecule has 1 saturated heterocycles. The van der Waals surface area contributed by atoms with E-state index in [0.29, 0.717) is 5.69 Å². The Hall–Kier alpha value is -4.51. The van der Waals surface area contributed by atoms with Gasteiger partial charge >= 0.3 is 18.2 Å². The number of allylic oxidation sites excluding steroid dienone is 2. The third kappa shape index (κ3) is 6.95. The predicted octanol–water partition coefficient (Wildman–Crippen LogP) is 8.53. The van der Waals surface area contributed by atoms with Gasteiger partial charge in [-0.25, -0.2) is 14.0 Å². The lowest BCUT2D eigenvalue weighted by Gasteiger charge is -2.29. The maximum absolute atomic E-state index is 13.6. The third-order valence-corrected chi connectivity index (χ3v) is 8.75. The van der Waals surface area contributed by atoms with Crippen LogP contribution in [0.4, 0.5) is 22.4 Å². The number of aromatic nitrogens is 1. The molecule has 0 spiro atoms. The van der Waals surface area contributed by atoms with Crippen LogP contribution in [0.25, 0.3) is 5.57 Å². The molecule has 2 heterocycles. The summed E-state index contributed by atoms with van der Waals surface area (Å²) in [6.45, 7) is 6.42. The van der Waals surface area contributed by atoms with Gasteiger partial charge in [0.15, 0.2) is 0 Å². The van der Waals surface area contributed by atoms with E-state index in [-0.39, 0.29) is 41.2 Å². The number of carboxylic acids is 1. The van der Waals surface area contributed by atoms with Gasteiger partial charge in [0.05, 0.1) is 35.5 Å². The minimum absolute atomic E-state index is 0.00742. The highest BCUT2D eigenvalue weighted by molar-refractivity contribution is 5.89. The van der Waals surface area contributed by atoms with Crippen LogP contribution in [-0.2, 0) is 28.9 Å². The molecule has 1 amide bonds. The van der Waals surface area contributed by atoms with E-state index in [1.165, 1.54) is 11.0 Å². The van der Waals surface area contributed by atoms with E-state index >= 15 is 0 Å². The number of alkyl halides is 4. The van der Waals surface area contributed by atoms with Crippen molar-refractivity contribution in [2.24, 2.45) is 0 Å². The van der Waals surface area contributed by atoms with Gasteiger partial charge < -0.3 is 14.6 Å². The van der Waals surface area contributed by atoms with E-state index in [2.05, 4.69) is 0 Å². The van der Waals surface area contributed by atoms with Crippen LogP contribution in [0.2, 0.25) is 0 Å². The number of benzene rings is 2. The maximum Gasteiger partial charge on any atom is 0.416 e. The number of aryl methyl sites for hydroxylation is 1. The first-order valence-electron chi connectivity index (χ1n) is 15.2. The average molecular weight is 653 g/mol. The normalized spacial score (nSPS) is 21.3. The Bertz CT molecular complexity index is 1750. The molecule has 2 aliphatic rings. The van der Waals surface area contributed by atoms with Gasteiger partial charge in [-0.2, -0.15) is 13.2 Å². The van der Waals surface area contributed by atoms with Crippen molar-refractivity contribution in [3.8, 4) is 0 Å².